The highest BCUT2D eigenvalue weighted by Gasteiger charge is 2.52. The maximum Gasteiger partial charge on any atom is 0.123 e. The van der Waals surface area contributed by atoms with Crippen LogP contribution in [0, 0.1) is 29.0 Å². The van der Waals surface area contributed by atoms with Crippen molar-refractivity contribution in [2.45, 2.75) is 50.2 Å². The van der Waals surface area contributed by atoms with Crippen molar-refractivity contribution >= 4 is 33.9 Å². The standard InChI is InChI=1S/C28H25ClFN7/c29-23-11-18(10-22-25(16(12-31)13-32-28(22)23)34-27-20-2-1-3-21(20)27)33-26(15-4-6-17(30)7-5-15)24-14-37(36-35-24)19-8-9-19/h4-7,10-11,13-14,19-21,26-27,33H,1-3,8-9H2,(H,32,34). The number of nitrogens with one attached hydrogen (secondary N) is 2. The van der Waals surface area contributed by atoms with E-state index in [1.165, 1.54) is 31.4 Å². The Bertz CT molecular complexity index is 1530. The summed E-state index contributed by atoms with van der Waals surface area (Å²) in [5.41, 5.74) is 4.29. The number of nitrogens with zero attached hydrogens (tertiary/aromatic N) is 5. The van der Waals surface area contributed by atoms with Gasteiger partial charge in [0.25, 0.3) is 0 Å². The summed E-state index contributed by atoms with van der Waals surface area (Å²) in [4.78, 5) is 4.50. The monoisotopic (exact) mass is 513 g/mol. The predicted octanol–water partition coefficient (Wildman–Crippen LogP) is 6.24. The lowest BCUT2D eigenvalue weighted by molar-refractivity contribution is 0.610. The summed E-state index contributed by atoms with van der Waals surface area (Å²) >= 11 is 6.73. The average molecular weight is 514 g/mol. The first-order valence-corrected chi connectivity index (χ1v) is 13.2. The summed E-state index contributed by atoms with van der Waals surface area (Å²) in [6.45, 7) is 0. The van der Waals surface area contributed by atoms with E-state index in [1.807, 2.05) is 23.0 Å². The van der Waals surface area contributed by atoms with Crippen LogP contribution in [0.1, 0.15) is 61.0 Å². The van der Waals surface area contributed by atoms with Gasteiger partial charge in [-0.25, -0.2) is 9.07 Å². The van der Waals surface area contributed by atoms with Crippen molar-refractivity contribution in [2.24, 2.45) is 11.8 Å². The second-order valence-electron chi connectivity index (χ2n) is 10.4. The Morgan fingerprint density at radius 2 is 1.89 bits per heavy atom. The van der Waals surface area contributed by atoms with Crippen molar-refractivity contribution in [3.8, 4) is 6.07 Å². The molecule has 7 rings (SSSR count). The number of hydrogen-bond acceptors (Lipinski definition) is 6. The maximum absolute atomic E-state index is 13.7. The lowest BCUT2D eigenvalue weighted by atomic mass is 10.0. The van der Waals surface area contributed by atoms with Crippen molar-refractivity contribution in [1.29, 1.82) is 5.26 Å². The second kappa shape index (κ2) is 8.70. The van der Waals surface area contributed by atoms with Gasteiger partial charge in [0, 0.05) is 23.3 Å². The van der Waals surface area contributed by atoms with Crippen LogP contribution in [-0.2, 0) is 0 Å². The van der Waals surface area contributed by atoms with Gasteiger partial charge in [0.15, 0.2) is 0 Å². The van der Waals surface area contributed by atoms with Gasteiger partial charge < -0.3 is 10.6 Å². The zero-order valence-electron chi connectivity index (χ0n) is 20.0. The first-order valence-electron chi connectivity index (χ1n) is 12.8. The Morgan fingerprint density at radius 1 is 1.11 bits per heavy atom. The number of rotatable bonds is 7. The van der Waals surface area contributed by atoms with Crippen molar-refractivity contribution in [2.75, 3.05) is 10.6 Å². The van der Waals surface area contributed by atoms with E-state index < -0.39 is 0 Å². The summed E-state index contributed by atoms with van der Waals surface area (Å²) in [6, 6.07) is 12.9. The normalized spacial score (nSPS) is 22.9. The Kier molecular flexibility index (Phi) is 5.29. The van der Waals surface area contributed by atoms with Crippen LogP contribution in [0.3, 0.4) is 0 Å². The van der Waals surface area contributed by atoms with Crippen molar-refractivity contribution in [3.63, 3.8) is 0 Å². The number of anilines is 2. The molecular formula is C28H25ClFN7. The van der Waals surface area contributed by atoms with Crippen LogP contribution in [-0.4, -0.2) is 26.0 Å². The number of nitriles is 1. The van der Waals surface area contributed by atoms with Gasteiger partial charge in [-0.15, -0.1) is 5.10 Å². The number of pyridine rings is 1. The number of fused-ring (bicyclic) bond motifs is 2. The summed E-state index contributed by atoms with van der Waals surface area (Å²) in [5.74, 6) is 1.07. The SMILES string of the molecule is N#Cc1cnc2c(Cl)cc(NC(c3ccc(F)cc3)c3cn(C4CC4)nn3)cc2c1NC1C2CCCC21. The molecule has 0 aliphatic heterocycles. The van der Waals surface area contributed by atoms with Crippen molar-refractivity contribution in [1.82, 2.24) is 20.0 Å². The largest absolute Gasteiger partial charge is 0.380 e. The molecule has 0 radical (unpaired) electrons. The van der Waals surface area contributed by atoms with E-state index >= 15 is 0 Å². The third kappa shape index (κ3) is 4.08. The Hall–Kier alpha value is -3.70. The molecule has 2 aromatic heterocycles. The number of aromatic nitrogens is 4. The number of hydrogen-bond donors (Lipinski definition) is 2. The topological polar surface area (TPSA) is 91.5 Å². The van der Waals surface area contributed by atoms with Gasteiger partial charge in [-0.3, -0.25) is 4.98 Å². The van der Waals surface area contributed by atoms with Gasteiger partial charge in [-0.1, -0.05) is 35.4 Å². The first kappa shape index (κ1) is 22.5. The van der Waals surface area contributed by atoms with Gasteiger partial charge in [-0.05, 0) is 67.3 Å². The van der Waals surface area contributed by atoms with Gasteiger partial charge in [-0.2, -0.15) is 5.26 Å². The predicted molar refractivity (Wildman–Crippen MR) is 140 cm³/mol. The molecule has 3 saturated carbocycles. The van der Waals surface area contributed by atoms with Crippen LogP contribution in [0.5, 0.6) is 0 Å². The molecule has 0 saturated heterocycles. The smallest absolute Gasteiger partial charge is 0.123 e. The van der Waals surface area contributed by atoms with E-state index in [9.17, 15) is 9.65 Å². The number of halogens is 2. The lowest BCUT2D eigenvalue weighted by Gasteiger charge is -2.20. The molecule has 2 N–H and O–H groups in total. The second-order valence-corrected chi connectivity index (χ2v) is 10.8. The van der Waals surface area contributed by atoms with E-state index in [-0.39, 0.29) is 11.9 Å². The molecule has 2 aromatic carbocycles. The molecule has 0 amide bonds. The minimum absolute atomic E-state index is 0.298. The molecule has 3 aliphatic rings. The van der Waals surface area contributed by atoms with Crippen LogP contribution in [0.25, 0.3) is 10.9 Å². The van der Waals surface area contributed by atoms with Crippen molar-refractivity contribution in [3.05, 3.63) is 76.5 Å². The van der Waals surface area contributed by atoms with Gasteiger partial charge in [0.05, 0.1) is 40.1 Å². The molecule has 9 heteroatoms. The molecule has 0 spiro atoms. The highest BCUT2D eigenvalue weighted by Crippen LogP contribution is 2.54. The molecule has 4 aromatic rings. The summed E-state index contributed by atoms with van der Waals surface area (Å²) < 4.78 is 15.6. The lowest BCUT2D eigenvalue weighted by Crippen LogP contribution is -2.14. The molecule has 37 heavy (non-hydrogen) atoms. The third-order valence-electron chi connectivity index (χ3n) is 8.02. The molecule has 0 bridgehead atoms. The van der Waals surface area contributed by atoms with E-state index in [1.54, 1.807) is 18.3 Å². The molecule has 186 valence electrons. The molecule has 3 atom stereocenters. The minimum Gasteiger partial charge on any atom is -0.380 e. The molecular weight excluding hydrogens is 489 g/mol. The molecule has 2 heterocycles. The molecule has 3 aliphatic carbocycles. The quantitative estimate of drug-likeness (QED) is 0.304. The zero-order chi connectivity index (χ0) is 25.1. The fourth-order valence-electron chi connectivity index (χ4n) is 5.88. The molecule has 7 nitrogen and oxygen atoms in total. The Morgan fingerprint density at radius 3 is 2.62 bits per heavy atom. The number of benzene rings is 2. The summed E-state index contributed by atoms with van der Waals surface area (Å²) in [6.07, 6.45) is 9.51. The third-order valence-corrected chi connectivity index (χ3v) is 8.31. The van der Waals surface area contributed by atoms with Crippen LogP contribution in [0.15, 0.2) is 48.8 Å². The fourth-order valence-corrected chi connectivity index (χ4v) is 6.14. The van der Waals surface area contributed by atoms with E-state index in [0.29, 0.717) is 40.0 Å². The average Bonchev–Trinajstić information content (AvgIpc) is 3.73. The maximum atomic E-state index is 13.7. The fraction of sp³-hybridized carbons (Fsp3) is 0.357. The van der Waals surface area contributed by atoms with Crippen LogP contribution in [0.4, 0.5) is 15.8 Å². The minimum atomic E-state index is -0.368. The van der Waals surface area contributed by atoms with Crippen LogP contribution >= 0.6 is 11.6 Å². The van der Waals surface area contributed by atoms with E-state index in [0.717, 1.165) is 40.9 Å². The summed E-state index contributed by atoms with van der Waals surface area (Å²) in [7, 11) is 0. The highest BCUT2D eigenvalue weighted by atomic mass is 35.5. The molecule has 3 fully saturated rings. The van der Waals surface area contributed by atoms with Crippen LogP contribution < -0.4 is 10.6 Å². The molecule has 3 unspecified atom stereocenters. The zero-order valence-corrected chi connectivity index (χ0v) is 20.8. The Labute approximate surface area is 218 Å². The Balaban J connectivity index is 1.28. The van der Waals surface area contributed by atoms with Gasteiger partial charge in [0.1, 0.15) is 17.6 Å². The highest BCUT2D eigenvalue weighted by molar-refractivity contribution is 6.35. The van der Waals surface area contributed by atoms with Crippen molar-refractivity contribution < 1.29 is 4.39 Å². The van der Waals surface area contributed by atoms with Gasteiger partial charge >= 0.3 is 0 Å². The van der Waals surface area contributed by atoms with Crippen LogP contribution in [0.2, 0.25) is 5.02 Å². The summed E-state index contributed by atoms with van der Waals surface area (Å²) in [5, 5.41) is 27.1. The van der Waals surface area contributed by atoms with E-state index in [2.05, 4.69) is 32.0 Å². The van der Waals surface area contributed by atoms with E-state index in [4.69, 9.17) is 11.6 Å². The van der Waals surface area contributed by atoms with Gasteiger partial charge in [0.2, 0.25) is 0 Å². The first-order chi connectivity index (χ1) is 18.1.